The van der Waals surface area contributed by atoms with Crippen LogP contribution in [0.3, 0.4) is 0 Å². The third-order valence-corrected chi connectivity index (χ3v) is 6.36. The van der Waals surface area contributed by atoms with E-state index in [9.17, 15) is 19.5 Å². The van der Waals surface area contributed by atoms with Crippen LogP contribution < -0.4 is 14.2 Å². The standard InChI is InChI=1S/C29H27NO8/c1-35-20-11-9-18(10-12-20)25-24(26(31)22-15-21(36-2)13-14-23(22)37-3)27(32)28(33)30(25)16-17-5-7-19(8-6-17)29(34)38-4/h5-15,25,31H,16H2,1-4H3/b26-24+. The number of carbonyl (C=O) groups is 3. The maximum absolute atomic E-state index is 13.4. The van der Waals surface area contributed by atoms with Crippen LogP contribution in [0.2, 0.25) is 0 Å². The molecule has 9 heteroatoms. The summed E-state index contributed by atoms with van der Waals surface area (Å²) >= 11 is 0. The number of amides is 1. The van der Waals surface area contributed by atoms with Gasteiger partial charge in [0.15, 0.2) is 0 Å². The molecule has 0 spiro atoms. The Balaban J connectivity index is 1.84. The number of likely N-dealkylation sites (tertiary alicyclic amines) is 1. The second-order valence-electron chi connectivity index (χ2n) is 8.45. The lowest BCUT2D eigenvalue weighted by Crippen LogP contribution is -2.29. The molecule has 1 saturated heterocycles. The maximum atomic E-state index is 13.4. The summed E-state index contributed by atoms with van der Waals surface area (Å²) in [5.74, 6) is -1.13. The van der Waals surface area contributed by atoms with Crippen molar-refractivity contribution in [2.24, 2.45) is 0 Å². The molecule has 0 radical (unpaired) electrons. The summed E-state index contributed by atoms with van der Waals surface area (Å²) in [7, 11) is 5.75. The van der Waals surface area contributed by atoms with Crippen molar-refractivity contribution in [2.75, 3.05) is 28.4 Å². The number of nitrogens with zero attached hydrogens (tertiary/aromatic N) is 1. The van der Waals surface area contributed by atoms with Crippen molar-refractivity contribution in [1.82, 2.24) is 4.90 Å². The number of ether oxygens (including phenoxy) is 4. The van der Waals surface area contributed by atoms with Gasteiger partial charge >= 0.3 is 5.97 Å². The van der Waals surface area contributed by atoms with Gasteiger partial charge in [-0.15, -0.1) is 0 Å². The summed E-state index contributed by atoms with van der Waals surface area (Å²) in [4.78, 5) is 39.9. The van der Waals surface area contributed by atoms with Gasteiger partial charge in [-0.25, -0.2) is 4.79 Å². The molecule has 0 aliphatic carbocycles. The molecule has 1 N–H and O–H groups in total. The summed E-state index contributed by atoms with van der Waals surface area (Å²) < 4.78 is 20.7. The molecule has 1 fully saturated rings. The monoisotopic (exact) mass is 517 g/mol. The fourth-order valence-electron chi connectivity index (χ4n) is 4.38. The minimum atomic E-state index is -0.905. The number of aliphatic hydroxyl groups excluding tert-OH is 1. The zero-order valence-corrected chi connectivity index (χ0v) is 21.4. The third kappa shape index (κ3) is 4.90. The zero-order valence-electron chi connectivity index (χ0n) is 21.4. The lowest BCUT2D eigenvalue weighted by atomic mass is 9.94. The Hall–Kier alpha value is -4.79. The van der Waals surface area contributed by atoms with Crippen LogP contribution >= 0.6 is 0 Å². The number of aliphatic hydroxyl groups is 1. The van der Waals surface area contributed by atoms with Crippen molar-refractivity contribution in [2.45, 2.75) is 12.6 Å². The average Bonchev–Trinajstić information content (AvgIpc) is 3.21. The number of hydrogen-bond donors (Lipinski definition) is 1. The molecule has 4 rings (SSSR count). The van der Waals surface area contributed by atoms with Crippen molar-refractivity contribution in [1.29, 1.82) is 0 Å². The number of methoxy groups -OCH3 is 4. The number of hydrogen-bond acceptors (Lipinski definition) is 8. The Bertz CT molecular complexity index is 1390. The molecule has 0 saturated carbocycles. The van der Waals surface area contributed by atoms with Crippen molar-refractivity contribution < 1.29 is 38.4 Å². The van der Waals surface area contributed by atoms with Crippen LogP contribution in [-0.2, 0) is 20.9 Å². The van der Waals surface area contributed by atoms with Crippen molar-refractivity contribution in [3.8, 4) is 17.2 Å². The van der Waals surface area contributed by atoms with Crippen LogP contribution in [0.25, 0.3) is 5.76 Å². The molecule has 196 valence electrons. The van der Waals surface area contributed by atoms with E-state index in [4.69, 9.17) is 18.9 Å². The van der Waals surface area contributed by atoms with E-state index in [0.717, 1.165) is 0 Å². The van der Waals surface area contributed by atoms with Gasteiger partial charge in [-0.05, 0) is 53.6 Å². The minimum absolute atomic E-state index is 0.0503. The molecule has 0 aromatic heterocycles. The number of rotatable bonds is 8. The van der Waals surface area contributed by atoms with Crippen molar-refractivity contribution >= 4 is 23.4 Å². The van der Waals surface area contributed by atoms with E-state index in [1.165, 1.54) is 39.4 Å². The van der Waals surface area contributed by atoms with Crippen LogP contribution in [-0.4, -0.2) is 56.1 Å². The number of esters is 1. The molecule has 1 unspecified atom stereocenters. The summed E-state index contributed by atoms with van der Waals surface area (Å²) in [6.07, 6.45) is 0. The van der Waals surface area contributed by atoms with Gasteiger partial charge in [0.05, 0.1) is 51.2 Å². The summed E-state index contributed by atoms with van der Waals surface area (Å²) in [5, 5.41) is 11.4. The minimum Gasteiger partial charge on any atom is -0.507 e. The zero-order chi connectivity index (χ0) is 27.4. The normalized spacial score (nSPS) is 16.3. The second kappa shape index (κ2) is 11.1. The van der Waals surface area contributed by atoms with Crippen LogP contribution in [0.15, 0.2) is 72.3 Å². The predicted octanol–water partition coefficient (Wildman–Crippen LogP) is 4.12. The van der Waals surface area contributed by atoms with Crippen molar-refractivity contribution in [3.05, 3.63) is 94.6 Å². The highest BCUT2D eigenvalue weighted by molar-refractivity contribution is 6.46. The summed E-state index contributed by atoms with van der Waals surface area (Å²) in [6.45, 7) is 0.0503. The average molecular weight is 518 g/mol. The van der Waals surface area contributed by atoms with Gasteiger partial charge < -0.3 is 29.0 Å². The molecular weight excluding hydrogens is 490 g/mol. The Morgan fingerprint density at radius 1 is 0.842 bits per heavy atom. The number of carbonyl (C=O) groups excluding carboxylic acids is 3. The smallest absolute Gasteiger partial charge is 0.337 e. The van der Waals surface area contributed by atoms with Gasteiger partial charge in [0.1, 0.15) is 23.0 Å². The molecule has 38 heavy (non-hydrogen) atoms. The first kappa shape index (κ1) is 26.3. The molecule has 1 aliphatic heterocycles. The number of benzene rings is 3. The molecule has 1 heterocycles. The molecule has 1 amide bonds. The Morgan fingerprint density at radius 2 is 1.47 bits per heavy atom. The van der Waals surface area contributed by atoms with Gasteiger partial charge in [0, 0.05) is 6.54 Å². The van der Waals surface area contributed by atoms with Gasteiger partial charge in [-0.2, -0.15) is 0 Å². The summed E-state index contributed by atoms with van der Waals surface area (Å²) in [6, 6.07) is 17.3. The number of Topliss-reactive ketones (excluding diaryl/α,β-unsaturated/α-hetero) is 1. The van der Waals surface area contributed by atoms with Crippen LogP contribution in [0.1, 0.15) is 33.1 Å². The lowest BCUT2D eigenvalue weighted by molar-refractivity contribution is -0.140. The highest BCUT2D eigenvalue weighted by atomic mass is 16.5. The second-order valence-corrected chi connectivity index (χ2v) is 8.45. The van der Waals surface area contributed by atoms with E-state index in [0.29, 0.717) is 33.9 Å². The molecule has 3 aromatic carbocycles. The predicted molar refractivity (Wildman–Crippen MR) is 138 cm³/mol. The van der Waals surface area contributed by atoms with E-state index >= 15 is 0 Å². The third-order valence-electron chi connectivity index (χ3n) is 6.36. The molecule has 1 aliphatic rings. The van der Waals surface area contributed by atoms with Crippen molar-refractivity contribution in [3.63, 3.8) is 0 Å². The van der Waals surface area contributed by atoms with Gasteiger partial charge in [-0.1, -0.05) is 24.3 Å². The first-order chi connectivity index (χ1) is 18.3. The highest BCUT2D eigenvalue weighted by Crippen LogP contribution is 2.42. The summed E-state index contributed by atoms with van der Waals surface area (Å²) in [5.41, 5.74) is 1.76. The first-order valence-corrected chi connectivity index (χ1v) is 11.6. The topological polar surface area (TPSA) is 112 Å². The molecule has 0 bridgehead atoms. The Morgan fingerprint density at radius 3 is 2.05 bits per heavy atom. The van der Waals surface area contributed by atoms with E-state index in [1.807, 2.05) is 0 Å². The van der Waals surface area contributed by atoms with Gasteiger partial charge in [0.2, 0.25) is 0 Å². The van der Waals surface area contributed by atoms with Crippen LogP contribution in [0.5, 0.6) is 17.2 Å². The van der Waals surface area contributed by atoms with Crippen LogP contribution in [0, 0.1) is 0 Å². The van der Waals surface area contributed by atoms with Gasteiger partial charge in [-0.3, -0.25) is 9.59 Å². The molecule has 9 nitrogen and oxygen atoms in total. The number of ketones is 1. The highest BCUT2D eigenvalue weighted by Gasteiger charge is 2.46. The fourth-order valence-corrected chi connectivity index (χ4v) is 4.38. The van der Waals surface area contributed by atoms with E-state index in [2.05, 4.69) is 0 Å². The quantitative estimate of drug-likeness (QED) is 0.206. The van der Waals surface area contributed by atoms with E-state index in [-0.39, 0.29) is 23.4 Å². The van der Waals surface area contributed by atoms with Gasteiger partial charge in [0.25, 0.3) is 11.7 Å². The fraction of sp³-hybridized carbons (Fsp3) is 0.207. The van der Waals surface area contributed by atoms with E-state index < -0.39 is 23.7 Å². The Labute approximate surface area is 219 Å². The lowest BCUT2D eigenvalue weighted by Gasteiger charge is -2.26. The maximum Gasteiger partial charge on any atom is 0.337 e. The molecular formula is C29H27NO8. The van der Waals surface area contributed by atoms with Crippen LogP contribution in [0.4, 0.5) is 0 Å². The molecule has 1 atom stereocenters. The molecule has 3 aromatic rings. The first-order valence-electron chi connectivity index (χ1n) is 11.6. The largest absolute Gasteiger partial charge is 0.507 e. The Kier molecular flexibility index (Phi) is 7.66. The SMILES string of the molecule is COC(=O)c1ccc(CN2C(=O)C(=O)/C(=C(/O)c3cc(OC)ccc3OC)C2c2ccc(OC)cc2)cc1. The van der Waals surface area contributed by atoms with E-state index in [1.54, 1.807) is 60.7 Å².